The van der Waals surface area contributed by atoms with E-state index in [4.69, 9.17) is 10.2 Å². The Balaban J connectivity index is 1.64. The molecule has 0 atom stereocenters. The molecule has 4 nitrogen and oxygen atoms in total. The van der Waals surface area contributed by atoms with Crippen molar-refractivity contribution in [2.24, 2.45) is 0 Å². The highest BCUT2D eigenvalue weighted by atomic mass is 16.3. The second-order valence-electron chi connectivity index (χ2n) is 9.15. The van der Waals surface area contributed by atoms with E-state index in [0.717, 1.165) is 65.0 Å². The first kappa shape index (κ1) is 27.5. The number of benzene rings is 2. The van der Waals surface area contributed by atoms with Crippen LogP contribution in [0.1, 0.15) is 68.9 Å². The Bertz CT molecular complexity index is 621. The maximum atomic E-state index is 9.11. The summed E-state index contributed by atoms with van der Waals surface area (Å²) in [4.78, 5) is 5.10. The van der Waals surface area contributed by atoms with Gasteiger partial charge >= 0.3 is 0 Å². The Hall–Kier alpha value is -1.72. The third-order valence-corrected chi connectivity index (χ3v) is 6.21. The van der Waals surface area contributed by atoms with E-state index in [1.807, 2.05) is 0 Å². The number of aliphatic hydroxyl groups excluding tert-OH is 2. The van der Waals surface area contributed by atoms with E-state index < -0.39 is 0 Å². The fourth-order valence-corrected chi connectivity index (χ4v) is 4.32. The van der Waals surface area contributed by atoms with Gasteiger partial charge in [0.2, 0.25) is 0 Å². The van der Waals surface area contributed by atoms with E-state index in [0.29, 0.717) is 13.2 Å². The van der Waals surface area contributed by atoms with Gasteiger partial charge in [0.05, 0.1) is 0 Å². The van der Waals surface area contributed by atoms with Gasteiger partial charge < -0.3 is 10.2 Å². The van der Waals surface area contributed by atoms with E-state index in [9.17, 15) is 0 Å². The van der Waals surface area contributed by atoms with Crippen molar-refractivity contribution in [2.45, 2.75) is 70.9 Å². The summed E-state index contributed by atoms with van der Waals surface area (Å²) in [6, 6.07) is 21.5. The van der Waals surface area contributed by atoms with Crippen molar-refractivity contribution in [1.82, 2.24) is 9.80 Å². The predicted molar refractivity (Wildman–Crippen MR) is 139 cm³/mol. The van der Waals surface area contributed by atoms with Crippen LogP contribution in [0.25, 0.3) is 0 Å². The van der Waals surface area contributed by atoms with Gasteiger partial charge in [0.25, 0.3) is 0 Å². The van der Waals surface area contributed by atoms with Gasteiger partial charge in [-0.1, -0.05) is 79.9 Å². The standard InChI is InChI=1S/C29H46N2O2/c32-24-14-12-22-30(26-28-16-6-4-7-17-28)20-10-2-1-3-11-21-31(23-13-15-25-33)27-29-18-8-5-9-19-29/h4-9,16-19,32-33H,1-3,10-15,20-27H2. The largest absolute Gasteiger partial charge is 0.396 e. The van der Waals surface area contributed by atoms with Crippen molar-refractivity contribution in [3.8, 4) is 0 Å². The molecule has 2 aromatic carbocycles. The molecule has 0 saturated heterocycles. The van der Waals surface area contributed by atoms with Crippen LogP contribution in [0, 0.1) is 0 Å². The van der Waals surface area contributed by atoms with Crippen molar-refractivity contribution >= 4 is 0 Å². The van der Waals surface area contributed by atoms with Gasteiger partial charge in [0.1, 0.15) is 0 Å². The smallest absolute Gasteiger partial charge is 0.0431 e. The number of hydrogen-bond acceptors (Lipinski definition) is 4. The lowest BCUT2D eigenvalue weighted by atomic mass is 10.1. The SMILES string of the molecule is OCCCCN(CCCCCCCN(CCCCO)Cc1ccccc1)Cc1ccccc1. The lowest BCUT2D eigenvalue weighted by molar-refractivity contribution is 0.228. The van der Waals surface area contributed by atoms with E-state index >= 15 is 0 Å². The highest BCUT2D eigenvalue weighted by Crippen LogP contribution is 2.12. The van der Waals surface area contributed by atoms with Gasteiger partial charge in [-0.3, -0.25) is 9.80 Å². The van der Waals surface area contributed by atoms with Crippen LogP contribution < -0.4 is 0 Å². The minimum absolute atomic E-state index is 0.292. The summed E-state index contributed by atoms with van der Waals surface area (Å²) in [6.07, 6.45) is 10.3. The monoisotopic (exact) mass is 454 g/mol. The summed E-state index contributed by atoms with van der Waals surface area (Å²) in [5, 5.41) is 18.2. The summed E-state index contributed by atoms with van der Waals surface area (Å²) < 4.78 is 0. The average Bonchev–Trinajstić information content (AvgIpc) is 2.84. The molecule has 184 valence electrons. The quantitative estimate of drug-likeness (QED) is 0.260. The van der Waals surface area contributed by atoms with Crippen LogP contribution in [0.2, 0.25) is 0 Å². The number of unbranched alkanes of at least 4 members (excludes halogenated alkanes) is 6. The number of aliphatic hydroxyl groups is 2. The van der Waals surface area contributed by atoms with E-state index in [2.05, 4.69) is 70.5 Å². The molecule has 0 radical (unpaired) electrons. The fraction of sp³-hybridized carbons (Fsp3) is 0.586. The fourth-order valence-electron chi connectivity index (χ4n) is 4.32. The highest BCUT2D eigenvalue weighted by Gasteiger charge is 2.07. The van der Waals surface area contributed by atoms with Gasteiger partial charge in [-0.15, -0.1) is 0 Å². The van der Waals surface area contributed by atoms with Crippen molar-refractivity contribution in [1.29, 1.82) is 0 Å². The maximum absolute atomic E-state index is 9.11. The first-order chi connectivity index (χ1) is 16.3. The third kappa shape index (κ3) is 13.5. The first-order valence-electron chi connectivity index (χ1n) is 13.1. The van der Waals surface area contributed by atoms with Crippen LogP contribution in [0.3, 0.4) is 0 Å². The summed E-state index contributed by atoms with van der Waals surface area (Å²) >= 11 is 0. The molecule has 2 rings (SSSR count). The van der Waals surface area contributed by atoms with Crippen LogP contribution in [0.15, 0.2) is 60.7 Å². The molecular formula is C29H46N2O2. The van der Waals surface area contributed by atoms with E-state index in [-0.39, 0.29) is 0 Å². The first-order valence-corrected chi connectivity index (χ1v) is 13.1. The van der Waals surface area contributed by atoms with Crippen LogP contribution in [-0.4, -0.2) is 59.4 Å². The molecule has 0 spiro atoms. The summed E-state index contributed by atoms with van der Waals surface area (Å²) in [6.45, 7) is 7.02. The minimum atomic E-state index is 0.292. The number of nitrogens with zero attached hydrogens (tertiary/aromatic N) is 2. The van der Waals surface area contributed by atoms with Crippen molar-refractivity contribution in [2.75, 3.05) is 39.4 Å². The Labute approximate surface area is 202 Å². The molecule has 0 bridgehead atoms. The predicted octanol–water partition coefficient (Wildman–Crippen LogP) is 5.49. The molecule has 0 unspecified atom stereocenters. The average molecular weight is 455 g/mol. The number of hydrogen-bond donors (Lipinski definition) is 2. The zero-order valence-electron chi connectivity index (χ0n) is 20.6. The molecule has 2 N–H and O–H groups in total. The molecule has 0 fully saturated rings. The summed E-state index contributed by atoms with van der Waals surface area (Å²) in [7, 11) is 0. The van der Waals surface area contributed by atoms with Crippen molar-refractivity contribution < 1.29 is 10.2 Å². The molecule has 4 heteroatoms. The lowest BCUT2D eigenvalue weighted by Gasteiger charge is -2.23. The Morgan fingerprint density at radius 1 is 0.424 bits per heavy atom. The Morgan fingerprint density at radius 3 is 1.12 bits per heavy atom. The molecule has 2 aromatic rings. The van der Waals surface area contributed by atoms with Crippen molar-refractivity contribution in [3.05, 3.63) is 71.8 Å². The zero-order valence-corrected chi connectivity index (χ0v) is 20.6. The van der Waals surface area contributed by atoms with Gasteiger partial charge in [-0.25, -0.2) is 0 Å². The topological polar surface area (TPSA) is 46.9 Å². The number of rotatable bonds is 20. The zero-order chi connectivity index (χ0) is 23.4. The molecule has 0 saturated carbocycles. The molecule has 0 aliphatic rings. The molecule has 0 aliphatic carbocycles. The Kier molecular flexibility index (Phi) is 15.6. The molecule has 0 aromatic heterocycles. The second-order valence-corrected chi connectivity index (χ2v) is 9.15. The highest BCUT2D eigenvalue weighted by molar-refractivity contribution is 5.15. The molecule has 0 heterocycles. The van der Waals surface area contributed by atoms with Crippen LogP contribution >= 0.6 is 0 Å². The second kappa shape index (κ2) is 18.7. The molecule has 33 heavy (non-hydrogen) atoms. The lowest BCUT2D eigenvalue weighted by Crippen LogP contribution is -2.26. The van der Waals surface area contributed by atoms with E-state index in [1.54, 1.807) is 0 Å². The van der Waals surface area contributed by atoms with Crippen LogP contribution in [0.4, 0.5) is 0 Å². The van der Waals surface area contributed by atoms with Gasteiger partial charge in [0.15, 0.2) is 0 Å². The van der Waals surface area contributed by atoms with E-state index in [1.165, 1.54) is 43.2 Å². The van der Waals surface area contributed by atoms with Crippen LogP contribution in [-0.2, 0) is 13.1 Å². The van der Waals surface area contributed by atoms with Gasteiger partial charge in [-0.05, 0) is 75.8 Å². The van der Waals surface area contributed by atoms with Crippen LogP contribution in [0.5, 0.6) is 0 Å². The Morgan fingerprint density at radius 2 is 0.758 bits per heavy atom. The van der Waals surface area contributed by atoms with Gasteiger partial charge in [-0.2, -0.15) is 0 Å². The minimum Gasteiger partial charge on any atom is -0.396 e. The molecule has 0 amide bonds. The van der Waals surface area contributed by atoms with Gasteiger partial charge in [0, 0.05) is 26.3 Å². The van der Waals surface area contributed by atoms with Crippen molar-refractivity contribution in [3.63, 3.8) is 0 Å². The summed E-state index contributed by atoms with van der Waals surface area (Å²) in [5.74, 6) is 0. The maximum Gasteiger partial charge on any atom is 0.0431 e. The summed E-state index contributed by atoms with van der Waals surface area (Å²) in [5.41, 5.74) is 2.75. The molecular weight excluding hydrogens is 408 g/mol. The normalized spacial score (nSPS) is 11.5. The molecule has 0 aliphatic heterocycles. The third-order valence-electron chi connectivity index (χ3n) is 6.21.